The molecule has 2 aromatic carbocycles. The van der Waals surface area contributed by atoms with Crippen LogP contribution in [-0.2, 0) is 4.74 Å². The largest absolute Gasteiger partial charge is 0.465 e. The second-order valence-corrected chi connectivity index (χ2v) is 4.84. The van der Waals surface area contributed by atoms with E-state index >= 15 is 0 Å². The molecular formula is C15H14ClFN2O2. The second kappa shape index (κ2) is 6.01. The number of hydrogen-bond donors (Lipinski definition) is 1. The topological polar surface area (TPSA) is 55.6 Å². The maximum absolute atomic E-state index is 13.4. The molecule has 0 radical (unpaired) electrons. The van der Waals surface area contributed by atoms with Gasteiger partial charge in [0.25, 0.3) is 0 Å². The third-order valence-corrected chi connectivity index (χ3v) is 3.31. The van der Waals surface area contributed by atoms with Crippen molar-refractivity contribution in [3.05, 3.63) is 52.8 Å². The average Bonchev–Trinajstić information content (AvgIpc) is 2.45. The van der Waals surface area contributed by atoms with Crippen LogP contribution in [0, 0.1) is 5.82 Å². The van der Waals surface area contributed by atoms with Crippen molar-refractivity contribution in [2.75, 3.05) is 24.8 Å². The SMILES string of the molecule is COC(=O)c1cc(N)cc(Cl)c1N(C)c1cccc(F)c1. The van der Waals surface area contributed by atoms with Crippen LogP contribution in [0.2, 0.25) is 5.02 Å². The number of rotatable bonds is 3. The average molecular weight is 309 g/mol. The fourth-order valence-electron chi connectivity index (χ4n) is 2.04. The summed E-state index contributed by atoms with van der Waals surface area (Å²) in [7, 11) is 2.95. The standard InChI is InChI=1S/C15H14ClFN2O2/c1-19(11-5-3-4-9(17)6-11)14-12(15(20)21-2)7-10(18)8-13(14)16/h3-8H,18H2,1-2H3. The molecular weight excluding hydrogens is 295 g/mol. The predicted octanol–water partition coefficient (Wildman–Crippen LogP) is 3.62. The van der Waals surface area contributed by atoms with E-state index in [-0.39, 0.29) is 16.4 Å². The highest BCUT2D eigenvalue weighted by atomic mass is 35.5. The Morgan fingerprint density at radius 1 is 1.33 bits per heavy atom. The third kappa shape index (κ3) is 3.08. The maximum atomic E-state index is 13.4. The minimum absolute atomic E-state index is 0.217. The number of esters is 1. The number of benzene rings is 2. The molecule has 110 valence electrons. The molecule has 0 aliphatic heterocycles. The van der Waals surface area contributed by atoms with Crippen molar-refractivity contribution < 1.29 is 13.9 Å². The van der Waals surface area contributed by atoms with Gasteiger partial charge in [0.2, 0.25) is 0 Å². The van der Waals surface area contributed by atoms with Gasteiger partial charge >= 0.3 is 5.97 Å². The maximum Gasteiger partial charge on any atom is 0.340 e. The van der Waals surface area contributed by atoms with Crippen LogP contribution in [-0.4, -0.2) is 20.1 Å². The van der Waals surface area contributed by atoms with Crippen LogP contribution in [0.1, 0.15) is 10.4 Å². The molecule has 6 heteroatoms. The molecule has 0 saturated heterocycles. The van der Waals surface area contributed by atoms with Crippen LogP contribution in [0.15, 0.2) is 36.4 Å². The van der Waals surface area contributed by atoms with E-state index in [1.165, 1.54) is 31.4 Å². The molecule has 0 unspecified atom stereocenters. The molecule has 0 atom stereocenters. The van der Waals surface area contributed by atoms with Crippen molar-refractivity contribution >= 4 is 34.6 Å². The summed E-state index contributed by atoms with van der Waals surface area (Å²) < 4.78 is 18.1. The summed E-state index contributed by atoms with van der Waals surface area (Å²) in [6, 6.07) is 8.96. The number of ether oxygens (including phenoxy) is 1. The van der Waals surface area contributed by atoms with Gasteiger partial charge in [0.15, 0.2) is 0 Å². The Labute approximate surface area is 126 Å². The van der Waals surface area contributed by atoms with Gasteiger partial charge in [0.1, 0.15) is 5.82 Å². The van der Waals surface area contributed by atoms with Crippen molar-refractivity contribution in [2.24, 2.45) is 0 Å². The van der Waals surface area contributed by atoms with E-state index in [1.54, 1.807) is 24.1 Å². The van der Waals surface area contributed by atoms with Crippen LogP contribution in [0.25, 0.3) is 0 Å². The zero-order valence-corrected chi connectivity index (χ0v) is 12.3. The molecule has 0 fully saturated rings. The zero-order valence-electron chi connectivity index (χ0n) is 11.6. The Morgan fingerprint density at radius 2 is 2.05 bits per heavy atom. The molecule has 2 N–H and O–H groups in total. The number of nitrogens with two attached hydrogens (primary N) is 1. The van der Waals surface area contributed by atoms with Crippen molar-refractivity contribution in [3.63, 3.8) is 0 Å². The van der Waals surface area contributed by atoms with Crippen LogP contribution in [0.5, 0.6) is 0 Å². The van der Waals surface area contributed by atoms with Crippen molar-refractivity contribution in [1.29, 1.82) is 0 Å². The van der Waals surface area contributed by atoms with Crippen LogP contribution >= 0.6 is 11.6 Å². The summed E-state index contributed by atoms with van der Waals surface area (Å²) in [5.41, 5.74) is 7.23. The molecule has 21 heavy (non-hydrogen) atoms. The quantitative estimate of drug-likeness (QED) is 0.695. The normalized spacial score (nSPS) is 10.3. The van der Waals surface area contributed by atoms with Gasteiger partial charge in [0, 0.05) is 18.4 Å². The Kier molecular flexibility index (Phi) is 4.33. The number of anilines is 3. The highest BCUT2D eigenvalue weighted by Gasteiger charge is 2.20. The summed E-state index contributed by atoms with van der Waals surface area (Å²) in [6.45, 7) is 0. The van der Waals surface area contributed by atoms with E-state index in [0.29, 0.717) is 17.1 Å². The lowest BCUT2D eigenvalue weighted by atomic mass is 10.1. The van der Waals surface area contributed by atoms with E-state index in [9.17, 15) is 9.18 Å². The van der Waals surface area contributed by atoms with E-state index in [1.807, 2.05) is 0 Å². The highest BCUT2D eigenvalue weighted by molar-refractivity contribution is 6.34. The van der Waals surface area contributed by atoms with Gasteiger partial charge in [-0.2, -0.15) is 0 Å². The zero-order chi connectivity index (χ0) is 15.6. The summed E-state index contributed by atoms with van der Waals surface area (Å²) in [5, 5.41) is 0.280. The third-order valence-electron chi connectivity index (χ3n) is 3.02. The van der Waals surface area contributed by atoms with Crippen molar-refractivity contribution in [3.8, 4) is 0 Å². The smallest absolute Gasteiger partial charge is 0.340 e. The van der Waals surface area contributed by atoms with Gasteiger partial charge in [-0.3, -0.25) is 0 Å². The molecule has 2 rings (SSSR count). The number of hydrogen-bond acceptors (Lipinski definition) is 4. The predicted molar refractivity (Wildman–Crippen MR) is 81.7 cm³/mol. The Balaban J connectivity index is 2.59. The van der Waals surface area contributed by atoms with Gasteiger partial charge in [-0.25, -0.2) is 9.18 Å². The molecule has 0 aromatic heterocycles. The molecule has 0 aliphatic carbocycles. The monoisotopic (exact) mass is 308 g/mol. The first-order valence-corrected chi connectivity index (χ1v) is 6.48. The molecule has 0 heterocycles. The second-order valence-electron chi connectivity index (χ2n) is 4.43. The summed E-state index contributed by atoms with van der Waals surface area (Å²) >= 11 is 6.20. The van der Waals surface area contributed by atoms with Crippen molar-refractivity contribution in [1.82, 2.24) is 0 Å². The number of carbonyl (C=O) groups is 1. The van der Waals surface area contributed by atoms with Gasteiger partial charge < -0.3 is 15.4 Å². The fraction of sp³-hybridized carbons (Fsp3) is 0.133. The first-order chi connectivity index (χ1) is 9.93. The summed E-state index contributed by atoms with van der Waals surface area (Å²) in [6.07, 6.45) is 0. The van der Waals surface area contributed by atoms with Crippen molar-refractivity contribution in [2.45, 2.75) is 0 Å². The number of methoxy groups -OCH3 is 1. The lowest BCUT2D eigenvalue weighted by Crippen LogP contribution is -2.16. The van der Waals surface area contributed by atoms with E-state index in [0.717, 1.165) is 0 Å². The molecule has 2 aromatic rings. The van der Waals surface area contributed by atoms with Gasteiger partial charge in [0.05, 0.1) is 23.4 Å². The lowest BCUT2D eigenvalue weighted by molar-refractivity contribution is 0.0601. The Morgan fingerprint density at radius 3 is 2.67 bits per heavy atom. The van der Waals surface area contributed by atoms with Crippen LogP contribution < -0.4 is 10.6 Å². The summed E-state index contributed by atoms with van der Waals surface area (Å²) in [4.78, 5) is 13.5. The Bertz CT molecular complexity index is 691. The van der Waals surface area contributed by atoms with Gasteiger partial charge in [-0.1, -0.05) is 17.7 Å². The van der Waals surface area contributed by atoms with E-state index in [4.69, 9.17) is 22.1 Å². The molecule has 0 aliphatic rings. The number of carbonyl (C=O) groups excluding carboxylic acids is 1. The van der Waals surface area contributed by atoms with E-state index in [2.05, 4.69) is 0 Å². The van der Waals surface area contributed by atoms with Crippen LogP contribution in [0.3, 0.4) is 0 Å². The lowest BCUT2D eigenvalue weighted by Gasteiger charge is -2.23. The molecule has 0 amide bonds. The molecule has 4 nitrogen and oxygen atoms in total. The molecule has 0 spiro atoms. The van der Waals surface area contributed by atoms with Crippen LogP contribution in [0.4, 0.5) is 21.5 Å². The van der Waals surface area contributed by atoms with E-state index < -0.39 is 5.97 Å². The molecule has 0 saturated carbocycles. The molecule has 0 bridgehead atoms. The number of nitrogen functional groups attached to an aromatic ring is 1. The highest BCUT2D eigenvalue weighted by Crippen LogP contribution is 2.36. The number of halogens is 2. The first-order valence-electron chi connectivity index (χ1n) is 6.10. The minimum Gasteiger partial charge on any atom is -0.465 e. The first kappa shape index (κ1) is 15.1. The Hall–Kier alpha value is -2.27. The number of nitrogens with zero attached hydrogens (tertiary/aromatic N) is 1. The minimum atomic E-state index is -0.567. The van der Waals surface area contributed by atoms with Gasteiger partial charge in [-0.15, -0.1) is 0 Å². The fourth-order valence-corrected chi connectivity index (χ4v) is 2.39. The van der Waals surface area contributed by atoms with Gasteiger partial charge in [-0.05, 0) is 30.3 Å². The summed E-state index contributed by atoms with van der Waals surface area (Å²) in [5.74, 6) is -0.951.